The van der Waals surface area contributed by atoms with E-state index in [0.29, 0.717) is 0 Å². The van der Waals surface area contributed by atoms with Crippen molar-refractivity contribution in [3.63, 3.8) is 0 Å². The maximum Gasteiger partial charge on any atom is 0.416 e. The van der Waals surface area contributed by atoms with Crippen molar-refractivity contribution in [2.24, 2.45) is 0 Å². The van der Waals surface area contributed by atoms with Gasteiger partial charge in [0.25, 0.3) is 30.7 Å². The van der Waals surface area contributed by atoms with E-state index >= 15 is 0 Å². The third kappa shape index (κ3) is 8.61. The number of rotatable bonds is 9. The molecule has 0 unspecified atom stereocenters. The second-order valence-electron chi connectivity index (χ2n) is 5.26. The molecule has 0 radical (unpaired) electrons. The first kappa shape index (κ1) is 29.0. The van der Waals surface area contributed by atoms with E-state index in [1.807, 2.05) is 0 Å². The summed E-state index contributed by atoms with van der Waals surface area (Å²) in [6.45, 7) is -2.87. The summed E-state index contributed by atoms with van der Waals surface area (Å²) in [7, 11) is -12.6. The van der Waals surface area contributed by atoms with Gasteiger partial charge in [-0.25, -0.2) is 0 Å². The summed E-state index contributed by atoms with van der Waals surface area (Å²) in [6, 6.07) is 0. The largest absolute Gasteiger partial charge is 0.416 e. The number of alkyl halides is 12. The predicted molar refractivity (Wildman–Crippen MR) is 70.8 cm³/mol. The lowest BCUT2D eigenvalue weighted by atomic mass is 10.3. The number of hydrogen-bond acceptors (Lipinski definition) is 6. The molecule has 0 aromatic heterocycles. The molecule has 30 heavy (non-hydrogen) atoms. The van der Waals surface area contributed by atoms with Crippen molar-refractivity contribution in [1.29, 1.82) is 0 Å². The Morgan fingerprint density at radius 2 is 0.700 bits per heavy atom. The van der Waals surface area contributed by atoms with Gasteiger partial charge in [0.2, 0.25) is 0 Å². The van der Waals surface area contributed by atoms with Crippen LogP contribution in [0.25, 0.3) is 0 Å². The first-order valence-corrected chi connectivity index (χ1v) is 9.91. The van der Waals surface area contributed by atoms with Crippen LogP contribution in [0.5, 0.6) is 0 Å². The summed E-state index contributed by atoms with van der Waals surface area (Å²) >= 11 is 0. The van der Waals surface area contributed by atoms with Crippen LogP contribution < -0.4 is 0 Å². The quantitative estimate of drug-likeness (QED) is 0.264. The molecule has 0 heterocycles. The average Bonchev–Trinajstić information content (AvgIpc) is 2.33. The van der Waals surface area contributed by atoms with Crippen LogP contribution in [0.15, 0.2) is 0 Å². The van der Waals surface area contributed by atoms with Crippen molar-refractivity contribution in [2.45, 2.75) is 48.0 Å². The molecule has 0 aromatic carbocycles. The third-order valence-corrected chi connectivity index (χ3v) is 6.01. The normalized spacial score (nSPS) is 15.3. The Bertz CT molecular complexity index is 667. The number of halogens is 12. The molecule has 20 heteroatoms. The van der Waals surface area contributed by atoms with Crippen LogP contribution in [0, 0.1) is 0 Å². The predicted octanol–water partition coefficient (Wildman–Crippen LogP) is 3.45. The highest BCUT2D eigenvalue weighted by Crippen LogP contribution is 2.40. The molecule has 0 atom stereocenters. The standard InChI is InChI=1S/C10H10F12O6S2/c11-7(12,13)5(8(14,15)16)29(23,24)27-3-1-2-4-28-30(25,26)6(9(17,18)19)10(20,21)22/h5-6H,1-4H2. The molecule has 0 aliphatic rings. The molecule has 0 rings (SSSR count). The van der Waals surface area contributed by atoms with Gasteiger partial charge in [-0.2, -0.15) is 69.5 Å². The van der Waals surface area contributed by atoms with Gasteiger partial charge >= 0.3 is 24.7 Å². The lowest BCUT2D eigenvalue weighted by molar-refractivity contribution is -0.229. The Balaban J connectivity index is 4.89. The van der Waals surface area contributed by atoms with E-state index in [0.717, 1.165) is 0 Å². The highest BCUT2D eigenvalue weighted by atomic mass is 32.2. The second-order valence-corrected chi connectivity index (χ2v) is 8.65. The van der Waals surface area contributed by atoms with Crippen molar-refractivity contribution in [3.8, 4) is 0 Å². The minimum Gasteiger partial charge on any atom is -0.269 e. The molecule has 0 amide bonds. The molecule has 0 aliphatic carbocycles. The van der Waals surface area contributed by atoms with E-state index < -0.39 is 81.5 Å². The Kier molecular flexibility index (Phi) is 8.91. The summed E-state index contributed by atoms with van der Waals surface area (Å²) < 4.78 is 199. The molecule has 0 saturated heterocycles. The fourth-order valence-electron chi connectivity index (χ4n) is 1.72. The first-order chi connectivity index (χ1) is 12.9. The van der Waals surface area contributed by atoms with E-state index in [2.05, 4.69) is 8.37 Å². The van der Waals surface area contributed by atoms with Gasteiger partial charge in [0, 0.05) is 0 Å². The zero-order chi connectivity index (χ0) is 24.4. The maximum atomic E-state index is 12.3. The van der Waals surface area contributed by atoms with E-state index in [-0.39, 0.29) is 0 Å². The van der Waals surface area contributed by atoms with E-state index in [4.69, 9.17) is 0 Å². The van der Waals surface area contributed by atoms with Gasteiger partial charge in [-0.1, -0.05) is 0 Å². The molecule has 0 saturated carbocycles. The van der Waals surface area contributed by atoms with Crippen LogP contribution in [-0.2, 0) is 28.6 Å². The van der Waals surface area contributed by atoms with Crippen molar-refractivity contribution >= 4 is 20.2 Å². The van der Waals surface area contributed by atoms with Crippen LogP contribution in [0.1, 0.15) is 12.8 Å². The molecule has 0 bridgehead atoms. The lowest BCUT2D eigenvalue weighted by Crippen LogP contribution is -2.49. The molecule has 6 nitrogen and oxygen atoms in total. The molecule has 182 valence electrons. The van der Waals surface area contributed by atoms with Crippen molar-refractivity contribution < 1.29 is 77.9 Å². The van der Waals surface area contributed by atoms with Crippen LogP contribution in [0.3, 0.4) is 0 Å². The van der Waals surface area contributed by atoms with E-state index in [1.165, 1.54) is 0 Å². The molecule has 0 fully saturated rings. The lowest BCUT2D eigenvalue weighted by Gasteiger charge is -2.22. The van der Waals surface area contributed by atoms with Gasteiger partial charge in [0.05, 0.1) is 13.2 Å². The smallest absolute Gasteiger partial charge is 0.269 e. The molecule has 0 aromatic rings. The van der Waals surface area contributed by atoms with Gasteiger partial charge in [-0.3, -0.25) is 8.37 Å². The third-order valence-electron chi connectivity index (χ3n) is 2.80. The summed E-state index contributed by atoms with van der Waals surface area (Å²) in [6.07, 6.45) is -27.0. The average molecular weight is 518 g/mol. The zero-order valence-electron chi connectivity index (χ0n) is 13.8. The van der Waals surface area contributed by atoms with Gasteiger partial charge in [-0.05, 0) is 12.8 Å². The van der Waals surface area contributed by atoms with Crippen LogP contribution in [0.4, 0.5) is 52.7 Å². The SMILES string of the molecule is O=S(=O)(OCCCCOS(=O)(=O)C(C(F)(F)F)C(F)(F)F)C(C(F)(F)F)C(F)(F)F. The van der Waals surface area contributed by atoms with Gasteiger partial charge in [0.15, 0.2) is 0 Å². The Hall–Kier alpha value is -1.02. The zero-order valence-corrected chi connectivity index (χ0v) is 15.4. The molecule has 0 spiro atoms. The molecular formula is C10H10F12O6S2. The topological polar surface area (TPSA) is 86.7 Å². The number of unbranched alkanes of at least 4 members (excludes halogenated alkanes) is 1. The Morgan fingerprint density at radius 1 is 0.500 bits per heavy atom. The molecular weight excluding hydrogens is 508 g/mol. The van der Waals surface area contributed by atoms with Gasteiger partial charge in [-0.15, -0.1) is 0 Å². The molecule has 0 aliphatic heterocycles. The minimum atomic E-state index is -6.31. The monoisotopic (exact) mass is 518 g/mol. The fourth-order valence-corrected chi connectivity index (χ4v) is 4.00. The molecule has 0 N–H and O–H groups in total. The van der Waals surface area contributed by atoms with Gasteiger partial charge in [0.1, 0.15) is 0 Å². The summed E-state index contributed by atoms with van der Waals surface area (Å²) in [5, 5.41) is -9.82. The van der Waals surface area contributed by atoms with Crippen molar-refractivity contribution in [1.82, 2.24) is 0 Å². The van der Waals surface area contributed by atoms with Crippen LogP contribution >= 0.6 is 0 Å². The summed E-state index contributed by atoms with van der Waals surface area (Å²) in [4.78, 5) is 0. The Labute approximate surface area is 160 Å². The van der Waals surface area contributed by atoms with E-state index in [9.17, 15) is 69.5 Å². The number of hydrogen-bond donors (Lipinski definition) is 0. The van der Waals surface area contributed by atoms with Crippen molar-refractivity contribution in [3.05, 3.63) is 0 Å². The maximum absolute atomic E-state index is 12.3. The minimum absolute atomic E-state index is 0.903. The highest BCUT2D eigenvalue weighted by molar-refractivity contribution is 7.87. The van der Waals surface area contributed by atoms with Crippen LogP contribution in [0.2, 0.25) is 0 Å². The highest BCUT2D eigenvalue weighted by Gasteiger charge is 2.66. The van der Waals surface area contributed by atoms with E-state index in [1.54, 1.807) is 0 Å². The van der Waals surface area contributed by atoms with Crippen LogP contribution in [-0.4, -0.2) is 65.3 Å². The fraction of sp³-hybridized carbons (Fsp3) is 1.00. The Morgan fingerprint density at radius 3 is 0.867 bits per heavy atom. The second kappa shape index (κ2) is 9.23. The summed E-state index contributed by atoms with van der Waals surface area (Å²) in [5.74, 6) is 0. The first-order valence-electron chi connectivity index (χ1n) is 6.97. The van der Waals surface area contributed by atoms with Gasteiger partial charge < -0.3 is 0 Å². The summed E-state index contributed by atoms with van der Waals surface area (Å²) in [5.41, 5.74) is 0. The van der Waals surface area contributed by atoms with Crippen molar-refractivity contribution in [2.75, 3.05) is 13.2 Å².